The molecule has 1 saturated carbocycles. The summed E-state index contributed by atoms with van der Waals surface area (Å²) in [7, 11) is 0. The van der Waals surface area contributed by atoms with Crippen molar-refractivity contribution in [2.75, 3.05) is 13.1 Å². The van der Waals surface area contributed by atoms with Crippen LogP contribution in [-0.2, 0) is 0 Å². The van der Waals surface area contributed by atoms with Crippen LogP contribution >= 0.6 is 0 Å². The number of amides is 1. The minimum atomic E-state index is 0.0553. The van der Waals surface area contributed by atoms with Gasteiger partial charge in [0.05, 0.1) is 6.20 Å². The molecule has 2 heterocycles. The lowest BCUT2D eigenvalue weighted by Gasteiger charge is -2.31. The van der Waals surface area contributed by atoms with E-state index in [1.807, 2.05) is 30.5 Å². The summed E-state index contributed by atoms with van der Waals surface area (Å²) in [5, 5.41) is 13.5. The molecule has 3 N–H and O–H groups in total. The van der Waals surface area contributed by atoms with Crippen LogP contribution in [0.2, 0.25) is 0 Å². The van der Waals surface area contributed by atoms with Crippen LogP contribution in [-0.4, -0.2) is 34.7 Å². The molecule has 5 nitrogen and oxygen atoms in total. The van der Waals surface area contributed by atoms with Crippen molar-refractivity contribution in [3.63, 3.8) is 0 Å². The van der Waals surface area contributed by atoms with E-state index in [1.165, 1.54) is 12.8 Å². The third kappa shape index (κ3) is 2.88. The van der Waals surface area contributed by atoms with Gasteiger partial charge in [0.15, 0.2) is 0 Å². The second-order valence-electron chi connectivity index (χ2n) is 6.70. The average Bonchev–Trinajstić information content (AvgIpc) is 3.18. The molecule has 0 unspecified atom stereocenters. The minimum Gasteiger partial charge on any atom is -0.346 e. The standard InChI is InChI=1S/C18H22N4O/c23-17(22-18(7-8-18)16-5-9-19-10-6-16)14-3-1-13(2-4-14)15-11-20-21-12-15/h1-4,11-12,16,19H,5-10H2,(H,20,21)(H,22,23). The Bertz CT molecular complexity index is 668. The number of carbonyl (C=O) groups excluding carboxylic acids is 1. The second kappa shape index (κ2) is 5.81. The minimum absolute atomic E-state index is 0.0553. The molecule has 2 fully saturated rings. The summed E-state index contributed by atoms with van der Waals surface area (Å²) in [5.41, 5.74) is 2.89. The number of aromatic amines is 1. The maximum absolute atomic E-state index is 12.6. The van der Waals surface area contributed by atoms with Gasteiger partial charge in [0, 0.05) is 22.9 Å². The molecular weight excluding hydrogens is 288 g/mol. The molecule has 0 radical (unpaired) electrons. The lowest BCUT2D eigenvalue weighted by Crippen LogP contribution is -2.46. The third-order valence-corrected chi connectivity index (χ3v) is 5.25. The highest BCUT2D eigenvalue weighted by molar-refractivity contribution is 5.95. The molecule has 1 aromatic carbocycles. The van der Waals surface area contributed by atoms with E-state index in [-0.39, 0.29) is 11.4 Å². The van der Waals surface area contributed by atoms with Crippen LogP contribution in [0.1, 0.15) is 36.0 Å². The number of benzene rings is 1. The highest BCUT2D eigenvalue weighted by atomic mass is 16.1. The van der Waals surface area contributed by atoms with Gasteiger partial charge in [-0.2, -0.15) is 5.10 Å². The van der Waals surface area contributed by atoms with Crippen molar-refractivity contribution in [3.05, 3.63) is 42.2 Å². The van der Waals surface area contributed by atoms with Gasteiger partial charge >= 0.3 is 0 Å². The number of hydrogen-bond acceptors (Lipinski definition) is 3. The van der Waals surface area contributed by atoms with Gasteiger partial charge in [0.25, 0.3) is 5.91 Å². The summed E-state index contributed by atoms with van der Waals surface area (Å²) in [6.45, 7) is 2.14. The molecule has 1 aliphatic carbocycles. The van der Waals surface area contributed by atoms with Crippen molar-refractivity contribution < 1.29 is 4.79 Å². The zero-order valence-corrected chi connectivity index (χ0v) is 13.1. The normalized spacial score (nSPS) is 20.2. The number of carbonyl (C=O) groups is 1. The Labute approximate surface area is 135 Å². The van der Waals surface area contributed by atoms with Gasteiger partial charge in [-0.05, 0) is 62.4 Å². The van der Waals surface area contributed by atoms with Crippen molar-refractivity contribution in [2.45, 2.75) is 31.2 Å². The second-order valence-corrected chi connectivity index (χ2v) is 6.70. The van der Waals surface area contributed by atoms with E-state index in [1.54, 1.807) is 6.20 Å². The highest BCUT2D eigenvalue weighted by Gasteiger charge is 2.50. The first kappa shape index (κ1) is 14.5. The van der Waals surface area contributed by atoms with Crippen LogP contribution in [0.4, 0.5) is 0 Å². The largest absolute Gasteiger partial charge is 0.346 e. The number of nitrogens with zero attached hydrogens (tertiary/aromatic N) is 1. The third-order valence-electron chi connectivity index (χ3n) is 5.25. The molecule has 0 bridgehead atoms. The maximum atomic E-state index is 12.6. The van der Waals surface area contributed by atoms with Gasteiger partial charge in [-0.15, -0.1) is 0 Å². The zero-order valence-electron chi connectivity index (χ0n) is 13.1. The predicted molar refractivity (Wildman–Crippen MR) is 89.0 cm³/mol. The van der Waals surface area contributed by atoms with Crippen LogP contribution in [0.3, 0.4) is 0 Å². The smallest absolute Gasteiger partial charge is 0.251 e. The first-order valence-electron chi connectivity index (χ1n) is 8.39. The molecule has 1 aliphatic heterocycles. The molecule has 0 atom stereocenters. The number of aromatic nitrogens is 2. The predicted octanol–water partition coefficient (Wildman–Crippen LogP) is 2.34. The molecule has 23 heavy (non-hydrogen) atoms. The summed E-state index contributed by atoms with van der Waals surface area (Å²) in [6, 6.07) is 7.75. The van der Waals surface area contributed by atoms with Gasteiger partial charge in [-0.25, -0.2) is 0 Å². The Morgan fingerprint density at radius 2 is 1.87 bits per heavy atom. The molecule has 1 saturated heterocycles. The van der Waals surface area contributed by atoms with Crippen molar-refractivity contribution >= 4 is 5.91 Å². The lowest BCUT2D eigenvalue weighted by molar-refractivity contribution is 0.0904. The van der Waals surface area contributed by atoms with E-state index < -0.39 is 0 Å². The van der Waals surface area contributed by atoms with Crippen LogP contribution in [0.15, 0.2) is 36.7 Å². The Hall–Kier alpha value is -2.14. The van der Waals surface area contributed by atoms with E-state index in [4.69, 9.17) is 0 Å². The number of hydrogen-bond donors (Lipinski definition) is 3. The summed E-state index contributed by atoms with van der Waals surface area (Å²) < 4.78 is 0. The van der Waals surface area contributed by atoms with Crippen molar-refractivity contribution in [2.24, 2.45) is 5.92 Å². The Morgan fingerprint density at radius 3 is 2.48 bits per heavy atom. The van der Waals surface area contributed by atoms with E-state index in [0.29, 0.717) is 5.92 Å². The fourth-order valence-electron chi connectivity index (χ4n) is 3.67. The van der Waals surface area contributed by atoms with Crippen molar-refractivity contribution in [3.8, 4) is 11.1 Å². The van der Waals surface area contributed by atoms with Gasteiger partial charge < -0.3 is 10.6 Å². The number of rotatable bonds is 4. The van der Waals surface area contributed by atoms with E-state index in [0.717, 1.165) is 42.6 Å². The van der Waals surface area contributed by atoms with Gasteiger partial charge in [-0.1, -0.05) is 12.1 Å². The molecule has 0 spiro atoms. The Balaban J connectivity index is 1.45. The fraction of sp³-hybridized carbons (Fsp3) is 0.444. The maximum Gasteiger partial charge on any atom is 0.251 e. The Kier molecular flexibility index (Phi) is 3.65. The number of H-pyrrole nitrogens is 1. The van der Waals surface area contributed by atoms with E-state index in [2.05, 4.69) is 20.8 Å². The highest BCUT2D eigenvalue weighted by Crippen LogP contribution is 2.46. The summed E-state index contributed by atoms with van der Waals surface area (Å²) >= 11 is 0. The molecule has 2 aromatic rings. The molecule has 1 aromatic heterocycles. The molecular formula is C18H22N4O. The SMILES string of the molecule is O=C(NC1(C2CCNCC2)CC1)c1ccc(-c2cn[nH]c2)cc1. The average molecular weight is 310 g/mol. The molecule has 2 aliphatic rings. The van der Waals surface area contributed by atoms with Crippen LogP contribution in [0.5, 0.6) is 0 Å². The summed E-state index contributed by atoms with van der Waals surface area (Å²) in [6.07, 6.45) is 8.21. The van der Waals surface area contributed by atoms with E-state index in [9.17, 15) is 4.79 Å². The fourth-order valence-corrected chi connectivity index (χ4v) is 3.67. The quantitative estimate of drug-likeness (QED) is 0.812. The van der Waals surface area contributed by atoms with Crippen LogP contribution in [0, 0.1) is 5.92 Å². The first-order chi connectivity index (χ1) is 11.3. The van der Waals surface area contributed by atoms with Crippen LogP contribution < -0.4 is 10.6 Å². The molecule has 120 valence electrons. The van der Waals surface area contributed by atoms with Gasteiger partial charge in [0.1, 0.15) is 0 Å². The lowest BCUT2D eigenvalue weighted by atomic mass is 9.87. The first-order valence-corrected chi connectivity index (χ1v) is 8.39. The van der Waals surface area contributed by atoms with E-state index >= 15 is 0 Å². The van der Waals surface area contributed by atoms with Crippen molar-refractivity contribution in [1.29, 1.82) is 0 Å². The van der Waals surface area contributed by atoms with Gasteiger partial charge in [0.2, 0.25) is 0 Å². The topological polar surface area (TPSA) is 69.8 Å². The molecule has 1 amide bonds. The Morgan fingerprint density at radius 1 is 1.13 bits per heavy atom. The number of nitrogens with one attached hydrogen (secondary N) is 3. The summed E-state index contributed by atoms with van der Waals surface area (Å²) in [4.78, 5) is 12.6. The van der Waals surface area contributed by atoms with Crippen molar-refractivity contribution in [1.82, 2.24) is 20.8 Å². The monoisotopic (exact) mass is 310 g/mol. The molecule has 4 rings (SSSR count). The van der Waals surface area contributed by atoms with Crippen LogP contribution in [0.25, 0.3) is 11.1 Å². The van der Waals surface area contributed by atoms with Gasteiger partial charge in [-0.3, -0.25) is 9.89 Å². The number of piperidine rings is 1. The zero-order chi connectivity index (χ0) is 15.7. The molecule has 5 heteroatoms. The summed E-state index contributed by atoms with van der Waals surface area (Å²) in [5.74, 6) is 0.678.